The third-order valence-corrected chi connectivity index (χ3v) is 3.60. The van der Waals surface area contributed by atoms with Gasteiger partial charge in [-0.25, -0.2) is 0 Å². The molecule has 1 aromatic heterocycles. The predicted molar refractivity (Wildman–Crippen MR) is 72.0 cm³/mol. The summed E-state index contributed by atoms with van der Waals surface area (Å²) >= 11 is 0. The number of nitrogens with two attached hydrogens (primary N) is 1. The van der Waals surface area contributed by atoms with Gasteiger partial charge in [0.15, 0.2) is 0 Å². The van der Waals surface area contributed by atoms with Gasteiger partial charge in [-0.1, -0.05) is 13.0 Å². The van der Waals surface area contributed by atoms with Crippen molar-refractivity contribution in [2.45, 2.75) is 25.8 Å². The van der Waals surface area contributed by atoms with Gasteiger partial charge in [0.05, 0.1) is 11.4 Å². The van der Waals surface area contributed by atoms with Crippen LogP contribution >= 0.6 is 0 Å². The molecule has 1 aliphatic carbocycles. The van der Waals surface area contributed by atoms with E-state index in [9.17, 15) is 0 Å². The zero-order chi connectivity index (χ0) is 11.8. The maximum atomic E-state index is 6.19. The molecule has 3 nitrogen and oxygen atoms in total. The Morgan fingerprint density at radius 3 is 2.88 bits per heavy atom. The van der Waals surface area contributed by atoms with Crippen LogP contribution in [0.25, 0.3) is 10.8 Å². The van der Waals surface area contributed by atoms with Gasteiger partial charge in [0.2, 0.25) is 0 Å². The Bertz CT molecular complexity index is 544. The van der Waals surface area contributed by atoms with Gasteiger partial charge in [-0.05, 0) is 30.9 Å². The van der Waals surface area contributed by atoms with Crippen LogP contribution in [-0.4, -0.2) is 11.0 Å². The smallest absolute Gasteiger partial charge is 0.0630 e. The van der Waals surface area contributed by atoms with E-state index in [0.29, 0.717) is 6.04 Å². The molecule has 1 aromatic carbocycles. The minimum absolute atomic E-state index is 0.589. The number of anilines is 2. The standard InChI is InChI=1S/C14H17N3/c1-9-6-11(7-9)17-13-3-2-10-8-16-5-4-12(10)14(13)15/h2-5,8-9,11,17H,6-7,15H2,1H3. The quantitative estimate of drug-likeness (QED) is 0.775. The molecule has 0 radical (unpaired) electrons. The Morgan fingerprint density at radius 2 is 2.12 bits per heavy atom. The molecule has 2 aromatic rings. The van der Waals surface area contributed by atoms with Crippen LogP contribution in [-0.2, 0) is 0 Å². The summed E-state index contributed by atoms with van der Waals surface area (Å²) in [6, 6.07) is 6.69. The SMILES string of the molecule is CC1CC(Nc2ccc3cnccc3c2N)C1. The number of benzene rings is 1. The fourth-order valence-electron chi connectivity index (χ4n) is 2.56. The summed E-state index contributed by atoms with van der Waals surface area (Å²) in [6.07, 6.45) is 6.12. The molecule has 1 fully saturated rings. The molecule has 3 N–H and O–H groups in total. The number of fused-ring (bicyclic) bond motifs is 1. The van der Waals surface area contributed by atoms with Crippen molar-refractivity contribution in [3.8, 4) is 0 Å². The van der Waals surface area contributed by atoms with Crippen molar-refractivity contribution in [3.63, 3.8) is 0 Å². The molecule has 88 valence electrons. The van der Waals surface area contributed by atoms with Gasteiger partial charge in [-0.3, -0.25) is 4.98 Å². The molecule has 3 rings (SSSR count). The van der Waals surface area contributed by atoms with Gasteiger partial charge in [0.1, 0.15) is 0 Å². The average molecular weight is 227 g/mol. The molecule has 0 bridgehead atoms. The van der Waals surface area contributed by atoms with Crippen molar-refractivity contribution in [3.05, 3.63) is 30.6 Å². The third-order valence-electron chi connectivity index (χ3n) is 3.60. The first-order chi connectivity index (χ1) is 8.24. The number of aromatic nitrogens is 1. The van der Waals surface area contributed by atoms with E-state index in [0.717, 1.165) is 28.1 Å². The van der Waals surface area contributed by atoms with E-state index >= 15 is 0 Å². The summed E-state index contributed by atoms with van der Waals surface area (Å²) < 4.78 is 0. The van der Waals surface area contributed by atoms with Crippen LogP contribution in [0.4, 0.5) is 11.4 Å². The van der Waals surface area contributed by atoms with Crippen molar-refractivity contribution in [2.24, 2.45) is 5.92 Å². The highest BCUT2D eigenvalue weighted by atomic mass is 15.0. The predicted octanol–water partition coefficient (Wildman–Crippen LogP) is 3.03. The zero-order valence-corrected chi connectivity index (χ0v) is 9.98. The number of pyridine rings is 1. The molecule has 17 heavy (non-hydrogen) atoms. The average Bonchev–Trinajstić information content (AvgIpc) is 2.31. The highest BCUT2D eigenvalue weighted by molar-refractivity contribution is 5.98. The molecule has 0 amide bonds. The summed E-state index contributed by atoms with van der Waals surface area (Å²) in [4.78, 5) is 4.11. The summed E-state index contributed by atoms with van der Waals surface area (Å²) in [6.45, 7) is 2.29. The van der Waals surface area contributed by atoms with Crippen LogP contribution in [0.1, 0.15) is 19.8 Å². The summed E-state index contributed by atoms with van der Waals surface area (Å²) in [7, 11) is 0. The second kappa shape index (κ2) is 3.91. The van der Waals surface area contributed by atoms with Gasteiger partial charge in [0.25, 0.3) is 0 Å². The van der Waals surface area contributed by atoms with Crippen LogP contribution in [0.15, 0.2) is 30.6 Å². The molecular weight excluding hydrogens is 210 g/mol. The molecule has 3 heteroatoms. The van der Waals surface area contributed by atoms with Crippen LogP contribution in [0.3, 0.4) is 0 Å². The molecule has 0 aliphatic heterocycles. The lowest BCUT2D eigenvalue weighted by Gasteiger charge is -2.34. The van der Waals surface area contributed by atoms with Crippen molar-refractivity contribution in [1.29, 1.82) is 0 Å². The maximum Gasteiger partial charge on any atom is 0.0630 e. The molecule has 0 unspecified atom stereocenters. The highest BCUT2D eigenvalue weighted by Gasteiger charge is 2.25. The zero-order valence-electron chi connectivity index (χ0n) is 9.98. The third kappa shape index (κ3) is 1.82. The molecule has 1 aliphatic rings. The Balaban J connectivity index is 1.92. The Kier molecular flexibility index (Phi) is 2.39. The second-order valence-corrected chi connectivity index (χ2v) is 5.04. The van der Waals surface area contributed by atoms with Crippen LogP contribution < -0.4 is 11.1 Å². The van der Waals surface area contributed by atoms with Gasteiger partial charge >= 0.3 is 0 Å². The van der Waals surface area contributed by atoms with Crippen LogP contribution in [0, 0.1) is 5.92 Å². The van der Waals surface area contributed by atoms with Crippen molar-refractivity contribution < 1.29 is 0 Å². The first kappa shape index (κ1) is 10.4. The van der Waals surface area contributed by atoms with Crippen molar-refractivity contribution in [2.75, 3.05) is 11.1 Å². The molecule has 0 atom stereocenters. The summed E-state index contributed by atoms with van der Waals surface area (Å²) in [5.74, 6) is 0.846. The topological polar surface area (TPSA) is 50.9 Å². The van der Waals surface area contributed by atoms with Gasteiger partial charge < -0.3 is 11.1 Å². The summed E-state index contributed by atoms with van der Waals surface area (Å²) in [5, 5.41) is 5.70. The first-order valence-electron chi connectivity index (χ1n) is 6.13. The number of hydrogen-bond donors (Lipinski definition) is 2. The monoisotopic (exact) mass is 227 g/mol. The lowest BCUT2D eigenvalue weighted by Crippen LogP contribution is -2.33. The Labute approximate surface area is 101 Å². The normalized spacial score (nSPS) is 23.4. The van der Waals surface area contributed by atoms with Crippen LogP contribution in [0.5, 0.6) is 0 Å². The second-order valence-electron chi connectivity index (χ2n) is 5.04. The van der Waals surface area contributed by atoms with E-state index in [-0.39, 0.29) is 0 Å². The van der Waals surface area contributed by atoms with E-state index in [2.05, 4.69) is 29.4 Å². The van der Waals surface area contributed by atoms with E-state index in [1.165, 1.54) is 12.8 Å². The number of rotatable bonds is 2. The van der Waals surface area contributed by atoms with Crippen molar-refractivity contribution in [1.82, 2.24) is 4.98 Å². The molecule has 1 heterocycles. The molecule has 1 saturated carbocycles. The van der Waals surface area contributed by atoms with Gasteiger partial charge in [-0.15, -0.1) is 0 Å². The Hall–Kier alpha value is -1.77. The van der Waals surface area contributed by atoms with E-state index in [4.69, 9.17) is 5.73 Å². The Morgan fingerprint density at radius 1 is 1.29 bits per heavy atom. The fraction of sp³-hybridized carbons (Fsp3) is 0.357. The number of nitrogens with zero attached hydrogens (tertiary/aromatic N) is 1. The number of nitrogens with one attached hydrogen (secondary N) is 1. The van der Waals surface area contributed by atoms with Gasteiger partial charge in [-0.2, -0.15) is 0 Å². The molecule has 0 saturated heterocycles. The maximum absolute atomic E-state index is 6.19. The van der Waals surface area contributed by atoms with E-state index in [1.54, 1.807) is 6.20 Å². The van der Waals surface area contributed by atoms with Crippen molar-refractivity contribution >= 4 is 22.1 Å². The molecule has 0 spiro atoms. The highest BCUT2D eigenvalue weighted by Crippen LogP contribution is 2.33. The number of hydrogen-bond acceptors (Lipinski definition) is 3. The van der Waals surface area contributed by atoms with E-state index < -0.39 is 0 Å². The summed E-state index contributed by atoms with van der Waals surface area (Å²) in [5.41, 5.74) is 8.08. The lowest BCUT2D eigenvalue weighted by molar-refractivity contribution is 0.309. The minimum Gasteiger partial charge on any atom is -0.397 e. The minimum atomic E-state index is 0.589. The lowest BCUT2D eigenvalue weighted by atomic mass is 9.82. The number of nitrogen functional groups attached to an aromatic ring is 1. The molecular formula is C14H17N3. The van der Waals surface area contributed by atoms with Crippen LogP contribution in [0.2, 0.25) is 0 Å². The largest absolute Gasteiger partial charge is 0.397 e. The van der Waals surface area contributed by atoms with E-state index in [1.807, 2.05) is 12.3 Å². The van der Waals surface area contributed by atoms with Gasteiger partial charge in [0, 0.05) is 29.2 Å². The fourth-order valence-corrected chi connectivity index (χ4v) is 2.56. The first-order valence-corrected chi connectivity index (χ1v) is 6.13.